The van der Waals surface area contributed by atoms with Crippen LogP contribution < -0.4 is 11.3 Å². The van der Waals surface area contributed by atoms with Gasteiger partial charge < -0.3 is 0 Å². The molecule has 16 heavy (non-hydrogen) atoms. The molecule has 1 heterocycles. The highest BCUT2D eigenvalue weighted by molar-refractivity contribution is 4.96. The number of hydrazine groups is 1. The second kappa shape index (κ2) is 6.58. The Balaban J connectivity index is 2.71. The van der Waals surface area contributed by atoms with Crippen molar-refractivity contribution < 1.29 is 0 Å². The van der Waals surface area contributed by atoms with Gasteiger partial charge in [-0.1, -0.05) is 26.7 Å². The van der Waals surface area contributed by atoms with Gasteiger partial charge in [0.15, 0.2) is 0 Å². The summed E-state index contributed by atoms with van der Waals surface area (Å²) in [6, 6.07) is 0.417. The van der Waals surface area contributed by atoms with Crippen molar-refractivity contribution in [2.24, 2.45) is 5.84 Å². The van der Waals surface area contributed by atoms with Gasteiger partial charge in [-0.2, -0.15) is 0 Å². The summed E-state index contributed by atoms with van der Waals surface area (Å²) in [6.45, 7) is 9.38. The molecule has 1 aliphatic rings. The molecule has 0 aromatic heterocycles. The Labute approximate surface area is 101 Å². The lowest BCUT2D eigenvalue weighted by atomic mass is 9.83. The van der Waals surface area contributed by atoms with Crippen LogP contribution in [-0.4, -0.2) is 29.6 Å². The highest BCUT2D eigenvalue weighted by atomic mass is 15.3. The molecule has 1 fully saturated rings. The molecule has 96 valence electrons. The van der Waals surface area contributed by atoms with Crippen LogP contribution >= 0.6 is 0 Å². The quantitative estimate of drug-likeness (QED) is 0.540. The van der Waals surface area contributed by atoms with Crippen LogP contribution in [0.3, 0.4) is 0 Å². The highest BCUT2D eigenvalue weighted by Crippen LogP contribution is 2.29. The molecule has 3 heteroatoms. The zero-order chi connectivity index (χ0) is 12.0. The van der Waals surface area contributed by atoms with Crippen LogP contribution in [0.1, 0.15) is 59.3 Å². The van der Waals surface area contributed by atoms with E-state index in [1.54, 1.807) is 0 Å². The van der Waals surface area contributed by atoms with E-state index in [0.29, 0.717) is 6.04 Å². The van der Waals surface area contributed by atoms with Crippen LogP contribution in [0.15, 0.2) is 0 Å². The third kappa shape index (κ3) is 2.96. The molecule has 1 aliphatic heterocycles. The Morgan fingerprint density at radius 3 is 2.31 bits per heavy atom. The molecule has 0 spiro atoms. The van der Waals surface area contributed by atoms with Gasteiger partial charge in [-0.25, -0.2) is 0 Å². The average Bonchev–Trinajstić information content (AvgIpc) is 2.36. The molecule has 0 aliphatic carbocycles. The van der Waals surface area contributed by atoms with Crippen molar-refractivity contribution in [3.8, 4) is 0 Å². The fourth-order valence-corrected chi connectivity index (χ4v) is 2.96. The van der Waals surface area contributed by atoms with E-state index < -0.39 is 0 Å². The topological polar surface area (TPSA) is 41.3 Å². The molecule has 0 radical (unpaired) electrons. The third-order valence-corrected chi connectivity index (χ3v) is 4.32. The van der Waals surface area contributed by atoms with E-state index in [4.69, 9.17) is 5.84 Å². The number of nitrogens with two attached hydrogens (primary N) is 1. The molecule has 2 unspecified atom stereocenters. The Hall–Kier alpha value is -0.120. The minimum absolute atomic E-state index is 0.227. The summed E-state index contributed by atoms with van der Waals surface area (Å²) in [5.74, 6) is 5.75. The van der Waals surface area contributed by atoms with Gasteiger partial charge in [-0.3, -0.25) is 16.2 Å². The smallest absolute Gasteiger partial charge is 0.0391 e. The number of hydrogen-bond acceptors (Lipinski definition) is 3. The predicted molar refractivity (Wildman–Crippen MR) is 70.1 cm³/mol. The fourth-order valence-electron chi connectivity index (χ4n) is 2.96. The first kappa shape index (κ1) is 13.9. The van der Waals surface area contributed by atoms with Gasteiger partial charge in [0, 0.05) is 11.6 Å². The summed E-state index contributed by atoms with van der Waals surface area (Å²) >= 11 is 0. The number of hydrogen-bond donors (Lipinski definition) is 2. The van der Waals surface area contributed by atoms with Crippen LogP contribution in [-0.2, 0) is 0 Å². The standard InChI is InChI=1S/C13H29N3/c1-4-9-12(15-14)13(3,5-2)16-10-7-6-8-11-16/h12,15H,4-11,14H2,1-3H3. The molecular formula is C13H29N3. The average molecular weight is 227 g/mol. The predicted octanol–water partition coefficient (Wildman–Crippen LogP) is 2.27. The molecule has 0 amide bonds. The number of nitrogens with zero attached hydrogens (tertiary/aromatic N) is 1. The summed E-state index contributed by atoms with van der Waals surface area (Å²) in [5, 5.41) is 0. The normalized spacial score (nSPS) is 24.0. The summed E-state index contributed by atoms with van der Waals surface area (Å²) in [6.07, 6.45) is 7.61. The van der Waals surface area contributed by atoms with Crippen molar-refractivity contribution in [1.29, 1.82) is 0 Å². The summed E-state index contributed by atoms with van der Waals surface area (Å²) in [7, 11) is 0. The second-order valence-electron chi connectivity index (χ2n) is 5.27. The molecule has 0 bridgehead atoms. The van der Waals surface area contributed by atoms with Crippen molar-refractivity contribution in [3.05, 3.63) is 0 Å². The zero-order valence-corrected chi connectivity index (χ0v) is 11.3. The van der Waals surface area contributed by atoms with Crippen molar-refractivity contribution in [2.45, 2.75) is 70.9 Å². The van der Waals surface area contributed by atoms with Crippen molar-refractivity contribution in [2.75, 3.05) is 13.1 Å². The Morgan fingerprint density at radius 2 is 1.88 bits per heavy atom. The SMILES string of the molecule is CCCC(NN)C(C)(CC)N1CCCCC1. The number of likely N-dealkylation sites (tertiary alicyclic amines) is 1. The summed E-state index contributed by atoms with van der Waals surface area (Å²) in [5.41, 5.74) is 3.28. The van der Waals surface area contributed by atoms with E-state index in [-0.39, 0.29) is 5.54 Å². The van der Waals surface area contributed by atoms with Crippen molar-refractivity contribution in [3.63, 3.8) is 0 Å². The largest absolute Gasteiger partial charge is 0.296 e. The van der Waals surface area contributed by atoms with Gasteiger partial charge in [0.1, 0.15) is 0 Å². The lowest BCUT2D eigenvalue weighted by Crippen LogP contribution is -2.61. The van der Waals surface area contributed by atoms with Crippen molar-refractivity contribution in [1.82, 2.24) is 10.3 Å². The fraction of sp³-hybridized carbons (Fsp3) is 1.00. The lowest BCUT2D eigenvalue weighted by molar-refractivity contribution is 0.0400. The lowest BCUT2D eigenvalue weighted by Gasteiger charge is -2.47. The van der Waals surface area contributed by atoms with Gasteiger partial charge in [-0.15, -0.1) is 0 Å². The van der Waals surface area contributed by atoms with E-state index in [1.165, 1.54) is 45.2 Å². The van der Waals surface area contributed by atoms with Crippen molar-refractivity contribution >= 4 is 0 Å². The van der Waals surface area contributed by atoms with Crippen LogP contribution in [0.25, 0.3) is 0 Å². The van der Waals surface area contributed by atoms with Gasteiger partial charge in [-0.05, 0) is 45.7 Å². The minimum Gasteiger partial charge on any atom is -0.296 e. The summed E-state index contributed by atoms with van der Waals surface area (Å²) < 4.78 is 0. The van der Waals surface area contributed by atoms with Crippen LogP contribution in [0.2, 0.25) is 0 Å². The maximum Gasteiger partial charge on any atom is 0.0391 e. The third-order valence-electron chi connectivity index (χ3n) is 4.32. The second-order valence-corrected chi connectivity index (χ2v) is 5.27. The monoisotopic (exact) mass is 227 g/mol. The van der Waals surface area contributed by atoms with E-state index in [1.807, 2.05) is 0 Å². The van der Waals surface area contributed by atoms with E-state index in [0.717, 1.165) is 6.42 Å². The van der Waals surface area contributed by atoms with E-state index in [9.17, 15) is 0 Å². The molecule has 3 N–H and O–H groups in total. The molecule has 0 aromatic carbocycles. The van der Waals surface area contributed by atoms with E-state index >= 15 is 0 Å². The van der Waals surface area contributed by atoms with Gasteiger partial charge in [0.25, 0.3) is 0 Å². The highest BCUT2D eigenvalue weighted by Gasteiger charge is 2.37. The number of piperidine rings is 1. The minimum atomic E-state index is 0.227. The first-order chi connectivity index (χ1) is 7.69. The number of nitrogens with one attached hydrogen (secondary N) is 1. The summed E-state index contributed by atoms with van der Waals surface area (Å²) in [4.78, 5) is 2.65. The molecule has 3 nitrogen and oxygen atoms in total. The maximum absolute atomic E-state index is 5.75. The van der Waals surface area contributed by atoms with Crippen LogP contribution in [0, 0.1) is 0 Å². The molecule has 1 saturated heterocycles. The van der Waals surface area contributed by atoms with E-state index in [2.05, 4.69) is 31.1 Å². The van der Waals surface area contributed by atoms with Gasteiger partial charge in [0.2, 0.25) is 0 Å². The molecule has 0 saturated carbocycles. The Bertz CT molecular complexity index is 183. The number of rotatable bonds is 6. The maximum atomic E-state index is 5.75. The van der Waals surface area contributed by atoms with Crippen LogP contribution in [0.5, 0.6) is 0 Å². The molecular weight excluding hydrogens is 198 g/mol. The Kier molecular flexibility index (Phi) is 5.73. The van der Waals surface area contributed by atoms with Gasteiger partial charge >= 0.3 is 0 Å². The molecule has 0 aromatic rings. The van der Waals surface area contributed by atoms with Crippen LogP contribution in [0.4, 0.5) is 0 Å². The molecule has 2 atom stereocenters. The van der Waals surface area contributed by atoms with Gasteiger partial charge in [0.05, 0.1) is 0 Å². The zero-order valence-electron chi connectivity index (χ0n) is 11.3. The Morgan fingerprint density at radius 1 is 1.25 bits per heavy atom. The molecule has 1 rings (SSSR count). The first-order valence-electron chi connectivity index (χ1n) is 6.90. The first-order valence-corrected chi connectivity index (χ1v) is 6.90.